The van der Waals surface area contributed by atoms with Crippen molar-refractivity contribution in [2.75, 3.05) is 0 Å². The molecule has 0 radical (unpaired) electrons. The summed E-state index contributed by atoms with van der Waals surface area (Å²) in [5.41, 5.74) is 6.93. The lowest BCUT2D eigenvalue weighted by Crippen LogP contribution is -2.44. The molecule has 23 heavy (non-hydrogen) atoms. The van der Waals surface area contributed by atoms with Crippen molar-refractivity contribution in [3.05, 3.63) is 35.9 Å². The molecule has 0 saturated heterocycles. The molecule has 1 aliphatic rings. The molecule has 126 valence electrons. The summed E-state index contributed by atoms with van der Waals surface area (Å²) in [6.07, 6.45) is 4.88. The van der Waals surface area contributed by atoms with Crippen molar-refractivity contribution in [3.63, 3.8) is 0 Å². The summed E-state index contributed by atoms with van der Waals surface area (Å²) in [6.45, 7) is 2.18. The van der Waals surface area contributed by atoms with Crippen molar-refractivity contribution in [1.82, 2.24) is 0 Å². The molecule has 0 spiro atoms. The lowest BCUT2D eigenvalue weighted by atomic mass is 9.79. The van der Waals surface area contributed by atoms with Crippen LogP contribution in [0, 0.1) is 11.3 Å². The first-order chi connectivity index (χ1) is 10.9. The Kier molecular flexibility index (Phi) is 5.77. The molecule has 2 rings (SSSR count). The molecule has 5 heteroatoms. The first-order valence-electron chi connectivity index (χ1n) is 8.10. The molecule has 5 nitrogen and oxygen atoms in total. The van der Waals surface area contributed by atoms with Crippen LogP contribution in [0.15, 0.2) is 30.3 Å². The second-order valence-electron chi connectivity index (χ2n) is 6.79. The van der Waals surface area contributed by atoms with Gasteiger partial charge >= 0.3 is 11.9 Å². The number of nitrogens with two attached hydrogens (primary N) is 1. The molecule has 0 aliphatic heterocycles. The van der Waals surface area contributed by atoms with E-state index in [1.165, 1.54) is 0 Å². The van der Waals surface area contributed by atoms with Crippen LogP contribution < -0.4 is 5.73 Å². The van der Waals surface area contributed by atoms with Gasteiger partial charge < -0.3 is 15.6 Å². The van der Waals surface area contributed by atoms with Crippen molar-refractivity contribution < 1.29 is 19.4 Å². The quantitative estimate of drug-likeness (QED) is 0.596. The first kappa shape index (κ1) is 17.5. The fourth-order valence-corrected chi connectivity index (χ4v) is 3.40. The lowest BCUT2D eigenvalue weighted by Gasteiger charge is -2.29. The summed E-state index contributed by atoms with van der Waals surface area (Å²) in [5.74, 6) is -3.27. The highest BCUT2D eigenvalue weighted by atomic mass is 16.5. The van der Waals surface area contributed by atoms with Crippen LogP contribution >= 0.6 is 0 Å². The van der Waals surface area contributed by atoms with Gasteiger partial charge in [0.1, 0.15) is 6.61 Å². The molecule has 0 heterocycles. The van der Waals surface area contributed by atoms with Gasteiger partial charge in [-0.3, -0.25) is 9.59 Å². The topological polar surface area (TPSA) is 89.6 Å². The van der Waals surface area contributed by atoms with Crippen molar-refractivity contribution in [3.8, 4) is 0 Å². The predicted octanol–water partition coefficient (Wildman–Crippen LogP) is 2.73. The standard InChI is InChI=1S/C18H25NO4/c1-18(9-5-6-10-18)11-14(19)15(16(20)21)17(22)23-12-13-7-3-2-4-8-13/h2-4,7-8,14-15H,5-6,9-12,19H2,1H3,(H,20,21). The van der Waals surface area contributed by atoms with E-state index in [2.05, 4.69) is 6.92 Å². The Labute approximate surface area is 136 Å². The maximum Gasteiger partial charge on any atom is 0.322 e. The second-order valence-corrected chi connectivity index (χ2v) is 6.79. The number of aliphatic carboxylic acids is 1. The molecule has 1 aromatic rings. The van der Waals surface area contributed by atoms with Gasteiger partial charge in [0, 0.05) is 6.04 Å². The zero-order valence-electron chi connectivity index (χ0n) is 13.5. The number of esters is 1. The molecular formula is C18H25NO4. The minimum atomic E-state index is -1.31. The second kappa shape index (κ2) is 7.59. The van der Waals surface area contributed by atoms with Crippen LogP contribution in [-0.4, -0.2) is 23.1 Å². The molecule has 1 aromatic carbocycles. The maximum atomic E-state index is 12.2. The zero-order chi connectivity index (χ0) is 16.9. The van der Waals surface area contributed by atoms with E-state index in [4.69, 9.17) is 10.5 Å². The third kappa shape index (κ3) is 4.79. The van der Waals surface area contributed by atoms with Crippen molar-refractivity contribution in [2.45, 2.75) is 51.7 Å². The third-order valence-electron chi connectivity index (χ3n) is 4.71. The van der Waals surface area contributed by atoms with Crippen LogP contribution in [0.2, 0.25) is 0 Å². The zero-order valence-corrected chi connectivity index (χ0v) is 13.5. The summed E-state index contributed by atoms with van der Waals surface area (Å²) < 4.78 is 5.17. The number of carboxylic acid groups (broad SMARTS) is 1. The molecular weight excluding hydrogens is 294 g/mol. The molecule has 0 aromatic heterocycles. The van der Waals surface area contributed by atoms with Gasteiger partial charge in [0.25, 0.3) is 0 Å². The SMILES string of the molecule is CC1(CC(N)C(C(=O)O)C(=O)OCc2ccccc2)CCCC1. The van der Waals surface area contributed by atoms with Crippen LogP contribution in [0.5, 0.6) is 0 Å². The van der Waals surface area contributed by atoms with Gasteiger partial charge in [-0.15, -0.1) is 0 Å². The number of carbonyl (C=O) groups is 2. The number of rotatable bonds is 7. The smallest absolute Gasteiger partial charge is 0.322 e. The maximum absolute atomic E-state index is 12.2. The Bertz CT molecular complexity index is 537. The van der Waals surface area contributed by atoms with Crippen molar-refractivity contribution >= 4 is 11.9 Å². The average Bonchev–Trinajstić information content (AvgIpc) is 2.92. The number of hydrogen-bond donors (Lipinski definition) is 2. The molecule has 0 amide bonds. The Morgan fingerprint density at radius 1 is 1.26 bits per heavy atom. The summed E-state index contributed by atoms with van der Waals surface area (Å²) in [7, 11) is 0. The van der Waals surface area contributed by atoms with Gasteiger partial charge in [-0.2, -0.15) is 0 Å². The molecule has 3 N–H and O–H groups in total. The van der Waals surface area contributed by atoms with E-state index in [1.807, 2.05) is 30.3 Å². The Morgan fingerprint density at radius 3 is 2.43 bits per heavy atom. The normalized spacial score (nSPS) is 19.0. The predicted molar refractivity (Wildman–Crippen MR) is 86.5 cm³/mol. The average molecular weight is 319 g/mol. The van der Waals surface area contributed by atoms with Crippen molar-refractivity contribution in [1.29, 1.82) is 0 Å². The molecule has 1 saturated carbocycles. The van der Waals surface area contributed by atoms with E-state index in [0.717, 1.165) is 31.2 Å². The third-order valence-corrected chi connectivity index (χ3v) is 4.71. The Balaban J connectivity index is 1.96. The van der Waals surface area contributed by atoms with Gasteiger partial charge in [0.15, 0.2) is 5.92 Å². The number of benzene rings is 1. The fraction of sp³-hybridized carbons (Fsp3) is 0.556. The van der Waals surface area contributed by atoms with Crippen LogP contribution in [0.1, 0.15) is 44.6 Å². The van der Waals surface area contributed by atoms with Crippen LogP contribution in [0.4, 0.5) is 0 Å². The van der Waals surface area contributed by atoms with Gasteiger partial charge in [0.2, 0.25) is 0 Å². The fourth-order valence-electron chi connectivity index (χ4n) is 3.40. The highest BCUT2D eigenvalue weighted by molar-refractivity contribution is 5.94. The molecule has 1 fully saturated rings. The molecule has 0 bridgehead atoms. The number of carbonyl (C=O) groups excluding carboxylic acids is 1. The lowest BCUT2D eigenvalue weighted by molar-refractivity contribution is -0.161. The van der Waals surface area contributed by atoms with Gasteiger partial charge in [0.05, 0.1) is 0 Å². The summed E-state index contributed by atoms with van der Waals surface area (Å²) in [5, 5.41) is 9.39. The Morgan fingerprint density at radius 2 is 1.87 bits per heavy atom. The monoisotopic (exact) mass is 319 g/mol. The first-order valence-corrected chi connectivity index (χ1v) is 8.10. The minimum Gasteiger partial charge on any atom is -0.481 e. The number of hydrogen-bond acceptors (Lipinski definition) is 4. The van der Waals surface area contributed by atoms with E-state index in [-0.39, 0.29) is 12.0 Å². The molecule has 2 atom stereocenters. The van der Waals surface area contributed by atoms with Crippen LogP contribution in [-0.2, 0) is 20.9 Å². The summed E-state index contributed by atoms with van der Waals surface area (Å²) in [4.78, 5) is 23.7. The van der Waals surface area contributed by atoms with Crippen LogP contribution in [0.25, 0.3) is 0 Å². The van der Waals surface area contributed by atoms with Gasteiger partial charge in [-0.05, 0) is 30.2 Å². The molecule has 1 aliphatic carbocycles. The summed E-state index contributed by atoms with van der Waals surface area (Å²) >= 11 is 0. The van der Waals surface area contributed by atoms with Gasteiger partial charge in [-0.1, -0.05) is 50.1 Å². The van der Waals surface area contributed by atoms with E-state index in [1.54, 1.807) is 0 Å². The van der Waals surface area contributed by atoms with Crippen molar-refractivity contribution in [2.24, 2.45) is 17.1 Å². The highest BCUT2D eigenvalue weighted by Gasteiger charge is 2.39. The largest absolute Gasteiger partial charge is 0.481 e. The van der Waals surface area contributed by atoms with Gasteiger partial charge in [-0.25, -0.2) is 0 Å². The van der Waals surface area contributed by atoms with E-state index in [0.29, 0.717) is 6.42 Å². The van der Waals surface area contributed by atoms with Crippen LogP contribution in [0.3, 0.4) is 0 Å². The molecule has 2 unspecified atom stereocenters. The minimum absolute atomic E-state index is 0.0346. The van der Waals surface area contributed by atoms with E-state index < -0.39 is 23.9 Å². The van der Waals surface area contributed by atoms with E-state index in [9.17, 15) is 14.7 Å². The highest BCUT2D eigenvalue weighted by Crippen LogP contribution is 2.41. The Hall–Kier alpha value is -1.88. The summed E-state index contributed by atoms with van der Waals surface area (Å²) in [6, 6.07) is 8.46. The number of ether oxygens (including phenoxy) is 1. The van der Waals surface area contributed by atoms with E-state index >= 15 is 0 Å². The number of carboxylic acids is 1.